The molecule has 0 saturated heterocycles. The van der Waals surface area contributed by atoms with Crippen LogP contribution in [0.1, 0.15) is 41.3 Å². The molecule has 1 aliphatic rings. The van der Waals surface area contributed by atoms with Crippen molar-refractivity contribution in [2.45, 2.75) is 38.8 Å². The summed E-state index contributed by atoms with van der Waals surface area (Å²) in [6.07, 6.45) is 10.5. The molecule has 0 atom stereocenters. The van der Waals surface area contributed by atoms with Crippen molar-refractivity contribution in [1.29, 1.82) is 0 Å². The minimum atomic E-state index is 0.717. The Morgan fingerprint density at radius 3 is 2.76 bits per heavy atom. The van der Waals surface area contributed by atoms with E-state index in [1.807, 2.05) is 23.9 Å². The monoisotopic (exact) mass is 397 g/mol. The van der Waals surface area contributed by atoms with Crippen LogP contribution in [-0.2, 0) is 30.7 Å². The normalized spacial score (nSPS) is 12.8. The molecule has 6 nitrogen and oxygen atoms in total. The van der Waals surface area contributed by atoms with E-state index in [-0.39, 0.29) is 0 Å². The quantitative estimate of drug-likeness (QED) is 0.703. The zero-order valence-electron chi connectivity index (χ0n) is 18.2. The number of fused-ring (bicyclic) bond motifs is 1. The van der Waals surface area contributed by atoms with Crippen molar-refractivity contribution in [2.24, 2.45) is 0 Å². The van der Waals surface area contributed by atoms with Gasteiger partial charge in [-0.3, -0.25) is 9.88 Å². The molecule has 29 heavy (non-hydrogen) atoms. The Bertz CT molecular complexity index is 759. The van der Waals surface area contributed by atoms with Gasteiger partial charge in [-0.05, 0) is 57.5 Å². The van der Waals surface area contributed by atoms with Gasteiger partial charge in [0.05, 0.1) is 18.0 Å². The Labute approximate surface area is 175 Å². The zero-order valence-corrected chi connectivity index (χ0v) is 18.2. The van der Waals surface area contributed by atoms with Crippen LogP contribution in [0, 0.1) is 0 Å². The molecule has 158 valence electrons. The molecule has 2 heterocycles. The van der Waals surface area contributed by atoms with Crippen molar-refractivity contribution in [3.63, 3.8) is 0 Å². The summed E-state index contributed by atoms with van der Waals surface area (Å²) in [7, 11) is 5.69. The maximum atomic E-state index is 5.10. The predicted molar refractivity (Wildman–Crippen MR) is 121 cm³/mol. The van der Waals surface area contributed by atoms with Crippen LogP contribution in [0.25, 0.3) is 12.3 Å². The van der Waals surface area contributed by atoms with Gasteiger partial charge in [-0.25, -0.2) is 4.98 Å². The second-order valence-electron chi connectivity index (χ2n) is 7.20. The number of imidazole rings is 1. The molecule has 1 aliphatic carbocycles. The van der Waals surface area contributed by atoms with Crippen molar-refractivity contribution >= 4 is 12.3 Å². The number of nitrogens with one attached hydrogen (secondary N) is 1. The highest BCUT2D eigenvalue weighted by Crippen LogP contribution is 2.18. The van der Waals surface area contributed by atoms with Gasteiger partial charge in [0, 0.05) is 44.8 Å². The Hall–Kier alpha value is -2.28. The first-order valence-electron chi connectivity index (χ1n) is 10.2. The molecule has 0 saturated carbocycles. The van der Waals surface area contributed by atoms with Crippen LogP contribution < -0.4 is 5.32 Å². The summed E-state index contributed by atoms with van der Waals surface area (Å²) in [5, 5.41) is 3.14. The standard InChI is InChI=1S/C14H24N4O.C9H11N/c1-6-14-16-12(10-15-3)13(18(14)7-2)11-17(4)8-9-19-5;1-2-6-9-8(4-1)5-3-7-10-9/h6-7,15H,1-2,8-11H2,3-5H3;3,5,7H,1-2,4,6H2. The fourth-order valence-electron chi connectivity index (χ4n) is 3.47. The highest BCUT2D eigenvalue weighted by molar-refractivity contribution is 5.46. The highest BCUT2D eigenvalue weighted by Gasteiger charge is 2.15. The largest absolute Gasteiger partial charge is 0.383 e. The van der Waals surface area contributed by atoms with E-state index in [9.17, 15) is 0 Å². The molecular weight excluding hydrogens is 362 g/mol. The molecule has 0 bridgehead atoms. The average Bonchev–Trinajstić information content (AvgIpc) is 3.09. The maximum Gasteiger partial charge on any atom is 0.136 e. The van der Waals surface area contributed by atoms with Crippen molar-refractivity contribution < 1.29 is 4.74 Å². The highest BCUT2D eigenvalue weighted by atomic mass is 16.5. The number of hydrogen-bond acceptors (Lipinski definition) is 5. The third kappa shape index (κ3) is 6.63. The third-order valence-electron chi connectivity index (χ3n) is 5.02. The van der Waals surface area contributed by atoms with Crippen molar-refractivity contribution in [3.8, 4) is 0 Å². The van der Waals surface area contributed by atoms with E-state index < -0.39 is 0 Å². The van der Waals surface area contributed by atoms with E-state index in [1.165, 1.54) is 36.9 Å². The van der Waals surface area contributed by atoms with E-state index >= 15 is 0 Å². The molecule has 1 N–H and O–H groups in total. The SMILES string of the molecule is C=Cc1nc(CNC)c(CN(C)CCOC)n1C=C.c1cnc2c(c1)CCCC2. The van der Waals surface area contributed by atoms with Gasteiger partial charge in [0.2, 0.25) is 0 Å². The van der Waals surface area contributed by atoms with Crippen LogP contribution in [0.4, 0.5) is 0 Å². The Morgan fingerprint density at radius 1 is 1.31 bits per heavy atom. The molecular formula is C23H35N5O. The number of aryl methyl sites for hydroxylation is 2. The fraction of sp³-hybridized carbons (Fsp3) is 0.478. The molecule has 0 aromatic carbocycles. The van der Waals surface area contributed by atoms with Crippen LogP contribution >= 0.6 is 0 Å². The number of rotatable bonds is 9. The summed E-state index contributed by atoms with van der Waals surface area (Å²) < 4.78 is 7.09. The molecule has 3 rings (SSSR count). The molecule has 0 aliphatic heterocycles. The Balaban J connectivity index is 0.000000248. The lowest BCUT2D eigenvalue weighted by Crippen LogP contribution is -2.24. The summed E-state index contributed by atoms with van der Waals surface area (Å²) in [5.41, 5.74) is 4.96. The van der Waals surface area contributed by atoms with Crippen molar-refractivity contribution in [2.75, 3.05) is 34.4 Å². The van der Waals surface area contributed by atoms with Gasteiger partial charge < -0.3 is 14.6 Å². The average molecular weight is 398 g/mol. The van der Waals surface area contributed by atoms with Gasteiger partial charge in [0.1, 0.15) is 5.82 Å². The molecule has 0 radical (unpaired) electrons. The van der Waals surface area contributed by atoms with Gasteiger partial charge in [-0.2, -0.15) is 0 Å². The van der Waals surface area contributed by atoms with E-state index in [0.29, 0.717) is 6.61 Å². The second kappa shape index (κ2) is 12.3. The molecule has 0 fully saturated rings. The second-order valence-corrected chi connectivity index (χ2v) is 7.20. The number of ether oxygens (including phenoxy) is 1. The van der Waals surface area contributed by atoms with Crippen LogP contribution in [0.5, 0.6) is 0 Å². The van der Waals surface area contributed by atoms with E-state index in [1.54, 1.807) is 19.4 Å². The lowest BCUT2D eigenvalue weighted by atomic mass is 9.96. The number of likely N-dealkylation sites (N-methyl/N-ethyl adjacent to an activating group) is 1. The molecule has 2 aromatic heterocycles. The zero-order chi connectivity index (χ0) is 21.1. The fourth-order valence-corrected chi connectivity index (χ4v) is 3.47. The number of nitrogens with zero attached hydrogens (tertiary/aromatic N) is 4. The summed E-state index contributed by atoms with van der Waals surface area (Å²) in [5.74, 6) is 0.829. The maximum absolute atomic E-state index is 5.10. The Kier molecular flexibility index (Phi) is 9.77. The predicted octanol–water partition coefficient (Wildman–Crippen LogP) is 3.38. The number of pyridine rings is 1. The van der Waals surface area contributed by atoms with E-state index in [4.69, 9.17) is 4.74 Å². The van der Waals surface area contributed by atoms with Crippen LogP contribution in [0.3, 0.4) is 0 Å². The van der Waals surface area contributed by atoms with Crippen LogP contribution in [0.2, 0.25) is 0 Å². The first-order valence-corrected chi connectivity index (χ1v) is 10.2. The smallest absolute Gasteiger partial charge is 0.136 e. The topological polar surface area (TPSA) is 55.2 Å². The molecule has 0 spiro atoms. The summed E-state index contributed by atoms with van der Waals surface area (Å²) in [6, 6.07) is 4.23. The third-order valence-corrected chi connectivity index (χ3v) is 5.02. The molecule has 2 aromatic rings. The lowest BCUT2D eigenvalue weighted by molar-refractivity contribution is 0.157. The van der Waals surface area contributed by atoms with Gasteiger partial charge >= 0.3 is 0 Å². The lowest BCUT2D eigenvalue weighted by Gasteiger charge is -2.17. The first-order chi connectivity index (χ1) is 14.1. The molecule has 0 unspecified atom stereocenters. The first kappa shape index (κ1) is 23.0. The van der Waals surface area contributed by atoms with Crippen LogP contribution in [-0.4, -0.2) is 53.8 Å². The van der Waals surface area contributed by atoms with Gasteiger partial charge in [-0.1, -0.05) is 19.2 Å². The van der Waals surface area contributed by atoms with Gasteiger partial charge in [0.25, 0.3) is 0 Å². The van der Waals surface area contributed by atoms with E-state index in [2.05, 4.69) is 46.5 Å². The minimum absolute atomic E-state index is 0.717. The van der Waals surface area contributed by atoms with E-state index in [0.717, 1.165) is 36.8 Å². The summed E-state index contributed by atoms with van der Waals surface area (Å²) in [6.45, 7) is 10.8. The summed E-state index contributed by atoms with van der Waals surface area (Å²) >= 11 is 0. The summed E-state index contributed by atoms with van der Waals surface area (Å²) in [4.78, 5) is 11.1. The Morgan fingerprint density at radius 2 is 2.10 bits per heavy atom. The number of hydrogen-bond donors (Lipinski definition) is 1. The number of methoxy groups -OCH3 is 1. The van der Waals surface area contributed by atoms with Gasteiger partial charge in [-0.15, -0.1) is 0 Å². The minimum Gasteiger partial charge on any atom is -0.383 e. The number of aromatic nitrogens is 3. The molecule has 6 heteroatoms. The van der Waals surface area contributed by atoms with Gasteiger partial charge in [0.15, 0.2) is 0 Å². The van der Waals surface area contributed by atoms with Crippen molar-refractivity contribution in [1.82, 2.24) is 24.8 Å². The molecule has 0 amide bonds. The van der Waals surface area contributed by atoms with Crippen molar-refractivity contribution in [3.05, 3.63) is 60.0 Å². The van der Waals surface area contributed by atoms with Crippen LogP contribution in [0.15, 0.2) is 31.5 Å².